The van der Waals surface area contributed by atoms with E-state index in [2.05, 4.69) is 29.4 Å². The fourth-order valence-corrected chi connectivity index (χ4v) is 3.69. The van der Waals surface area contributed by atoms with Gasteiger partial charge in [-0.25, -0.2) is 9.78 Å². The first-order chi connectivity index (χ1) is 13.6. The van der Waals surface area contributed by atoms with Crippen LogP contribution in [0.1, 0.15) is 29.3 Å². The van der Waals surface area contributed by atoms with Crippen molar-refractivity contribution in [3.05, 3.63) is 65.7 Å². The molecular weight excluding hydrogens is 372 g/mol. The Morgan fingerprint density at radius 3 is 2.61 bits per heavy atom. The Morgan fingerprint density at radius 2 is 1.86 bits per heavy atom. The number of thioether (sulfide) groups is 1. The van der Waals surface area contributed by atoms with Crippen LogP contribution in [0, 0.1) is 6.92 Å². The number of aromatic nitrogens is 1. The number of rotatable bonds is 7. The standard InChI is InChI=1S/C22H22N2O3S/c1-3-27-22(26)16-8-10-17(11-9-16)23-20(25)12-13-28-21-14-15(2)18-6-4-5-7-19(18)24-21/h4-11,14H,3,12-13H2,1-2H3,(H,23,25). The molecule has 0 spiro atoms. The van der Waals surface area contributed by atoms with E-state index >= 15 is 0 Å². The van der Waals surface area contributed by atoms with Crippen LogP contribution in [0.2, 0.25) is 0 Å². The Morgan fingerprint density at radius 1 is 1.11 bits per heavy atom. The molecule has 0 saturated carbocycles. The van der Waals surface area contributed by atoms with Gasteiger partial charge in [0.1, 0.15) is 0 Å². The van der Waals surface area contributed by atoms with Gasteiger partial charge in [-0.15, -0.1) is 11.8 Å². The van der Waals surface area contributed by atoms with Gasteiger partial charge < -0.3 is 10.1 Å². The first-order valence-electron chi connectivity index (χ1n) is 9.13. The number of pyridine rings is 1. The highest BCUT2D eigenvalue weighted by Crippen LogP contribution is 2.24. The van der Waals surface area contributed by atoms with E-state index in [1.807, 2.05) is 18.2 Å². The number of carbonyl (C=O) groups is 2. The molecule has 1 amide bonds. The third-order valence-corrected chi connectivity index (χ3v) is 5.07. The Bertz CT molecular complexity index is 987. The summed E-state index contributed by atoms with van der Waals surface area (Å²) in [5, 5.41) is 4.91. The van der Waals surface area contributed by atoms with E-state index < -0.39 is 0 Å². The van der Waals surface area contributed by atoms with Gasteiger partial charge in [0.25, 0.3) is 0 Å². The number of para-hydroxylation sites is 1. The van der Waals surface area contributed by atoms with Crippen LogP contribution in [0.15, 0.2) is 59.6 Å². The fraction of sp³-hybridized carbons (Fsp3) is 0.227. The van der Waals surface area contributed by atoms with Crippen molar-refractivity contribution in [3.8, 4) is 0 Å². The number of hydrogen-bond donors (Lipinski definition) is 1. The molecule has 0 unspecified atom stereocenters. The molecule has 28 heavy (non-hydrogen) atoms. The summed E-state index contributed by atoms with van der Waals surface area (Å²) in [5.74, 6) is 0.196. The molecule has 0 aliphatic rings. The maximum Gasteiger partial charge on any atom is 0.338 e. The Labute approximate surface area is 168 Å². The zero-order valence-electron chi connectivity index (χ0n) is 15.9. The number of carbonyl (C=O) groups excluding carboxylic acids is 2. The van der Waals surface area contributed by atoms with Crippen LogP contribution in [0.3, 0.4) is 0 Å². The molecule has 6 heteroatoms. The molecule has 0 bridgehead atoms. The number of nitrogens with one attached hydrogen (secondary N) is 1. The predicted molar refractivity (Wildman–Crippen MR) is 113 cm³/mol. The minimum absolute atomic E-state index is 0.0751. The quantitative estimate of drug-likeness (QED) is 0.459. The lowest BCUT2D eigenvalue weighted by Gasteiger charge is -2.08. The molecule has 5 nitrogen and oxygen atoms in total. The smallest absolute Gasteiger partial charge is 0.338 e. The van der Waals surface area contributed by atoms with Gasteiger partial charge in [0.2, 0.25) is 5.91 Å². The van der Waals surface area contributed by atoms with Crippen LogP contribution in [0.4, 0.5) is 5.69 Å². The number of benzene rings is 2. The highest BCUT2D eigenvalue weighted by Gasteiger charge is 2.08. The minimum Gasteiger partial charge on any atom is -0.462 e. The van der Waals surface area contributed by atoms with Crippen molar-refractivity contribution in [2.75, 3.05) is 17.7 Å². The van der Waals surface area contributed by atoms with Crippen LogP contribution in [0.25, 0.3) is 10.9 Å². The molecule has 0 atom stereocenters. The number of ether oxygens (including phenoxy) is 1. The maximum absolute atomic E-state index is 12.2. The summed E-state index contributed by atoms with van der Waals surface area (Å²) < 4.78 is 4.94. The van der Waals surface area contributed by atoms with E-state index in [0.717, 1.165) is 15.9 Å². The fourth-order valence-electron chi connectivity index (χ4n) is 2.77. The summed E-state index contributed by atoms with van der Waals surface area (Å²) in [7, 11) is 0. The van der Waals surface area contributed by atoms with Crippen LogP contribution in [-0.2, 0) is 9.53 Å². The average Bonchev–Trinajstić information content (AvgIpc) is 2.69. The number of aryl methyl sites for hydroxylation is 1. The monoisotopic (exact) mass is 394 g/mol. The predicted octanol–water partition coefficient (Wildman–Crippen LogP) is 4.84. The third-order valence-electron chi connectivity index (χ3n) is 4.16. The van der Waals surface area contributed by atoms with Crippen LogP contribution < -0.4 is 5.32 Å². The number of hydrogen-bond acceptors (Lipinski definition) is 5. The van der Waals surface area contributed by atoms with E-state index in [9.17, 15) is 9.59 Å². The molecule has 1 N–H and O–H groups in total. The van der Waals surface area contributed by atoms with Gasteiger partial charge in [0.15, 0.2) is 0 Å². The third kappa shape index (κ3) is 5.10. The number of nitrogens with zero attached hydrogens (tertiary/aromatic N) is 1. The zero-order valence-corrected chi connectivity index (χ0v) is 16.7. The molecule has 1 aromatic heterocycles. The van der Waals surface area contributed by atoms with Crippen molar-refractivity contribution in [1.29, 1.82) is 0 Å². The van der Waals surface area contributed by atoms with Gasteiger partial charge in [-0.05, 0) is 55.8 Å². The second kappa shape index (κ2) is 9.37. The van der Waals surface area contributed by atoms with Crippen molar-refractivity contribution in [1.82, 2.24) is 4.98 Å². The van der Waals surface area contributed by atoms with E-state index in [0.29, 0.717) is 30.0 Å². The summed E-state index contributed by atoms with van der Waals surface area (Å²) in [4.78, 5) is 28.5. The maximum atomic E-state index is 12.2. The Kier molecular flexibility index (Phi) is 6.66. The van der Waals surface area contributed by atoms with E-state index in [1.54, 1.807) is 43.0 Å². The summed E-state index contributed by atoms with van der Waals surface area (Å²) in [6.07, 6.45) is 0.373. The molecular formula is C22H22N2O3S. The normalized spacial score (nSPS) is 10.6. The Hall–Kier alpha value is -2.86. The molecule has 0 radical (unpaired) electrons. The summed E-state index contributed by atoms with van der Waals surface area (Å²) in [6, 6.07) is 16.8. The van der Waals surface area contributed by atoms with E-state index in [1.165, 1.54) is 5.56 Å². The highest BCUT2D eigenvalue weighted by atomic mass is 32.2. The molecule has 0 aliphatic heterocycles. The number of esters is 1. The van der Waals surface area contributed by atoms with Gasteiger partial charge in [-0.1, -0.05) is 18.2 Å². The van der Waals surface area contributed by atoms with Crippen LogP contribution in [-0.4, -0.2) is 29.2 Å². The molecule has 1 heterocycles. The van der Waals surface area contributed by atoms with Crippen LogP contribution in [0.5, 0.6) is 0 Å². The molecule has 3 aromatic rings. The molecule has 0 saturated heterocycles. The van der Waals surface area contributed by atoms with Crippen LogP contribution >= 0.6 is 11.8 Å². The van der Waals surface area contributed by atoms with E-state index in [4.69, 9.17) is 4.74 Å². The topological polar surface area (TPSA) is 68.3 Å². The summed E-state index contributed by atoms with van der Waals surface area (Å²) in [5.41, 5.74) is 3.27. The summed E-state index contributed by atoms with van der Waals surface area (Å²) >= 11 is 1.57. The van der Waals surface area contributed by atoms with Crippen molar-refractivity contribution in [3.63, 3.8) is 0 Å². The van der Waals surface area contributed by atoms with Gasteiger partial charge in [0, 0.05) is 23.2 Å². The molecule has 0 aliphatic carbocycles. The second-order valence-electron chi connectivity index (χ2n) is 6.24. The molecule has 2 aromatic carbocycles. The molecule has 0 fully saturated rings. The molecule has 144 valence electrons. The van der Waals surface area contributed by atoms with Crippen molar-refractivity contribution >= 4 is 40.2 Å². The largest absolute Gasteiger partial charge is 0.462 e. The van der Waals surface area contributed by atoms with Crippen molar-refractivity contribution < 1.29 is 14.3 Å². The van der Waals surface area contributed by atoms with Gasteiger partial charge in [-0.3, -0.25) is 4.79 Å². The van der Waals surface area contributed by atoms with E-state index in [-0.39, 0.29) is 11.9 Å². The lowest BCUT2D eigenvalue weighted by atomic mass is 10.1. The van der Waals surface area contributed by atoms with Crippen molar-refractivity contribution in [2.45, 2.75) is 25.3 Å². The van der Waals surface area contributed by atoms with Gasteiger partial charge >= 0.3 is 5.97 Å². The number of anilines is 1. The SMILES string of the molecule is CCOC(=O)c1ccc(NC(=O)CCSc2cc(C)c3ccccc3n2)cc1. The number of fused-ring (bicyclic) bond motifs is 1. The van der Waals surface area contributed by atoms with Gasteiger partial charge in [0.05, 0.1) is 22.7 Å². The zero-order chi connectivity index (χ0) is 19.9. The molecule has 3 rings (SSSR count). The summed E-state index contributed by atoms with van der Waals surface area (Å²) in [6.45, 7) is 4.17. The lowest BCUT2D eigenvalue weighted by Crippen LogP contribution is -2.12. The average molecular weight is 394 g/mol. The Balaban J connectivity index is 1.51. The lowest BCUT2D eigenvalue weighted by molar-refractivity contribution is -0.115. The van der Waals surface area contributed by atoms with Crippen molar-refractivity contribution in [2.24, 2.45) is 0 Å². The number of amides is 1. The first kappa shape index (κ1) is 19.9. The second-order valence-corrected chi connectivity index (χ2v) is 7.35. The van der Waals surface area contributed by atoms with Gasteiger partial charge in [-0.2, -0.15) is 0 Å². The first-order valence-corrected chi connectivity index (χ1v) is 10.1. The highest BCUT2D eigenvalue weighted by molar-refractivity contribution is 7.99. The minimum atomic E-state index is -0.366.